The molecule has 33 heavy (non-hydrogen) atoms. The number of benzene rings is 2. The predicted molar refractivity (Wildman–Crippen MR) is 123 cm³/mol. The van der Waals surface area contributed by atoms with Crippen LogP contribution in [0.1, 0.15) is 49.8 Å². The zero-order valence-electron chi connectivity index (χ0n) is 18.9. The number of nitrogens with one attached hydrogen (secondary N) is 1. The number of aromatic nitrogens is 1. The maximum Gasteiger partial charge on any atom is 0.245 e. The minimum absolute atomic E-state index is 0.128. The number of nitrogens with zero attached hydrogens (tertiary/aromatic N) is 3. The summed E-state index contributed by atoms with van der Waals surface area (Å²) in [5, 5.41) is 32.0. The number of aromatic amines is 1. The molecule has 0 unspecified atom stereocenters. The number of aromatic hydroxyl groups is 1. The highest BCUT2D eigenvalue weighted by Gasteiger charge is 2.64. The lowest BCUT2D eigenvalue weighted by Crippen LogP contribution is -2.54. The average molecular weight is 441 g/mol. The lowest BCUT2D eigenvalue weighted by molar-refractivity contribution is -0.123. The molecule has 7 heteroatoms. The van der Waals surface area contributed by atoms with Crippen molar-refractivity contribution < 1.29 is 14.6 Å². The molecule has 2 atom stereocenters. The third-order valence-corrected chi connectivity index (χ3v) is 7.25. The van der Waals surface area contributed by atoms with Gasteiger partial charge in [-0.05, 0) is 49.9 Å². The molecule has 2 N–H and O–H groups in total. The van der Waals surface area contributed by atoms with E-state index in [1.165, 1.54) is 0 Å². The van der Waals surface area contributed by atoms with Crippen LogP contribution in [0.15, 0.2) is 36.4 Å². The van der Waals surface area contributed by atoms with E-state index >= 15 is 0 Å². The first-order chi connectivity index (χ1) is 15.7. The number of para-hydroxylation sites is 1. The van der Waals surface area contributed by atoms with Crippen LogP contribution in [0.3, 0.4) is 0 Å². The van der Waals surface area contributed by atoms with Crippen molar-refractivity contribution in [2.75, 3.05) is 12.0 Å². The number of fused-ring (bicyclic) bond motifs is 1. The lowest BCUT2D eigenvalue weighted by atomic mass is 9.66. The normalized spacial score (nSPS) is 22.8. The molecule has 1 amide bonds. The van der Waals surface area contributed by atoms with Crippen molar-refractivity contribution in [2.45, 2.75) is 44.1 Å². The molecule has 1 aromatic heterocycles. The molecular weight excluding hydrogens is 416 g/mol. The van der Waals surface area contributed by atoms with Crippen molar-refractivity contribution in [1.82, 2.24) is 4.98 Å². The molecule has 166 valence electrons. The van der Waals surface area contributed by atoms with Crippen LogP contribution in [0.25, 0.3) is 10.9 Å². The first kappa shape index (κ1) is 20.9. The zero-order valence-corrected chi connectivity index (χ0v) is 18.9. The summed E-state index contributed by atoms with van der Waals surface area (Å²) >= 11 is 0. The van der Waals surface area contributed by atoms with Gasteiger partial charge in [-0.2, -0.15) is 10.5 Å². The molecule has 0 saturated heterocycles. The van der Waals surface area contributed by atoms with Gasteiger partial charge in [-0.1, -0.05) is 25.1 Å². The summed E-state index contributed by atoms with van der Waals surface area (Å²) < 4.78 is 5.59. The summed E-state index contributed by atoms with van der Waals surface area (Å²) in [6, 6.07) is 15.0. The number of anilines is 1. The third-order valence-electron chi connectivity index (χ3n) is 7.25. The number of carbonyl (C=O) groups excluding carboxylic acids is 1. The van der Waals surface area contributed by atoms with E-state index in [-0.39, 0.29) is 23.3 Å². The van der Waals surface area contributed by atoms with Gasteiger partial charge in [-0.15, -0.1) is 0 Å². The summed E-state index contributed by atoms with van der Waals surface area (Å²) in [6.07, 6.45) is 0.706. The van der Waals surface area contributed by atoms with Crippen LogP contribution in [-0.2, 0) is 10.2 Å². The molecule has 0 fully saturated rings. The van der Waals surface area contributed by atoms with Crippen LogP contribution in [0.2, 0.25) is 0 Å². The molecule has 0 radical (unpaired) electrons. The van der Waals surface area contributed by atoms with Crippen LogP contribution in [0, 0.1) is 28.6 Å². The number of H-pyrrole nitrogens is 1. The van der Waals surface area contributed by atoms with Gasteiger partial charge in [0.15, 0.2) is 11.8 Å². The quantitative estimate of drug-likeness (QED) is 0.624. The number of methoxy groups -OCH3 is 1. The number of ether oxygens (including phenoxy) is 1. The maximum atomic E-state index is 14.5. The molecule has 3 aromatic rings. The van der Waals surface area contributed by atoms with Crippen LogP contribution in [0.5, 0.6) is 11.6 Å². The minimum Gasteiger partial charge on any atom is -0.497 e. The molecular formula is C26H24N4O3. The van der Waals surface area contributed by atoms with Crippen LogP contribution >= 0.6 is 0 Å². The van der Waals surface area contributed by atoms with E-state index in [2.05, 4.69) is 24.0 Å². The van der Waals surface area contributed by atoms with Gasteiger partial charge in [0, 0.05) is 27.6 Å². The Labute approximate surface area is 191 Å². The molecule has 0 aliphatic carbocycles. The molecule has 0 spiro atoms. The first-order valence-electron chi connectivity index (χ1n) is 10.9. The highest BCUT2D eigenvalue weighted by Crippen LogP contribution is 2.61. The molecule has 3 heterocycles. The number of rotatable bonds is 3. The van der Waals surface area contributed by atoms with E-state index in [0.29, 0.717) is 34.3 Å². The Balaban J connectivity index is 2.01. The molecule has 5 rings (SSSR count). The molecule has 0 bridgehead atoms. The Hall–Kier alpha value is -3.97. The minimum atomic E-state index is -1.72. The fraction of sp³-hybridized carbons (Fsp3) is 0.346. The van der Waals surface area contributed by atoms with Crippen molar-refractivity contribution in [3.63, 3.8) is 0 Å². The van der Waals surface area contributed by atoms with Crippen LogP contribution in [0.4, 0.5) is 5.69 Å². The smallest absolute Gasteiger partial charge is 0.245 e. The number of hydrogen-bond donors (Lipinski definition) is 2. The van der Waals surface area contributed by atoms with Gasteiger partial charge in [-0.3, -0.25) is 4.79 Å². The second-order valence-electron chi connectivity index (χ2n) is 9.56. The van der Waals surface area contributed by atoms with Gasteiger partial charge in [0.25, 0.3) is 0 Å². The molecule has 2 aromatic carbocycles. The number of carbonyl (C=O) groups is 1. The number of nitriles is 2. The van der Waals surface area contributed by atoms with Crippen molar-refractivity contribution in [3.8, 4) is 23.8 Å². The summed E-state index contributed by atoms with van der Waals surface area (Å²) in [6.45, 7) is 6.10. The Morgan fingerprint density at radius 2 is 1.94 bits per heavy atom. The lowest BCUT2D eigenvalue weighted by Gasteiger charge is -2.44. The Morgan fingerprint density at radius 3 is 2.61 bits per heavy atom. The van der Waals surface area contributed by atoms with Crippen LogP contribution in [-0.4, -0.2) is 28.6 Å². The van der Waals surface area contributed by atoms with E-state index in [1.54, 1.807) is 36.3 Å². The van der Waals surface area contributed by atoms with Crippen molar-refractivity contribution in [3.05, 3.63) is 53.1 Å². The van der Waals surface area contributed by atoms with Crippen LogP contribution < -0.4 is 9.64 Å². The van der Waals surface area contributed by atoms with E-state index in [9.17, 15) is 20.4 Å². The van der Waals surface area contributed by atoms with Gasteiger partial charge in [0.2, 0.25) is 5.91 Å². The summed E-state index contributed by atoms with van der Waals surface area (Å²) in [5.41, 5.74) is 0.785. The van der Waals surface area contributed by atoms with Crippen molar-refractivity contribution in [1.29, 1.82) is 10.5 Å². The molecule has 2 aliphatic heterocycles. The zero-order chi connectivity index (χ0) is 23.7. The maximum absolute atomic E-state index is 14.5. The van der Waals surface area contributed by atoms with E-state index in [1.807, 2.05) is 26.0 Å². The van der Waals surface area contributed by atoms with Gasteiger partial charge in [0.05, 0.1) is 24.9 Å². The molecule has 7 nitrogen and oxygen atoms in total. The highest BCUT2D eigenvalue weighted by atomic mass is 16.5. The number of amides is 1. The van der Waals surface area contributed by atoms with Crippen molar-refractivity contribution in [2.24, 2.45) is 5.92 Å². The standard InChI is InChI=1S/C26H24N4O3/c1-14-11-25(2,3)30-22-18(14)9-16(33-4)10-19(22)26(24(30)32,15(12-27)13-28)21-17-7-5-6-8-20(17)29-23(21)31/h5-10,14-15,29,31H,11H2,1-4H3/t14-,26-/m1/s1. The van der Waals surface area contributed by atoms with Gasteiger partial charge in [-0.25, -0.2) is 0 Å². The second kappa shape index (κ2) is 6.76. The molecule has 0 saturated carbocycles. The molecule has 2 aliphatic rings. The monoisotopic (exact) mass is 440 g/mol. The van der Waals surface area contributed by atoms with E-state index in [0.717, 1.165) is 5.56 Å². The fourth-order valence-corrected chi connectivity index (χ4v) is 6.01. The van der Waals surface area contributed by atoms with E-state index in [4.69, 9.17) is 4.74 Å². The Kier molecular flexibility index (Phi) is 4.28. The SMILES string of the molecule is COc1cc2c3c(c1)[C@@](c1c(O)[nH]c4ccccc14)(C(C#N)C#N)C(=O)N3C(C)(C)C[C@H]2C. The average Bonchev–Trinajstić information content (AvgIpc) is 3.25. The van der Waals surface area contributed by atoms with Gasteiger partial charge >= 0.3 is 0 Å². The first-order valence-corrected chi connectivity index (χ1v) is 10.9. The van der Waals surface area contributed by atoms with Crippen molar-refractivity contribution >= 4 is 22.5 Å². The second-order valence-corrected chi connectivity index (χ2v) is 9.56. The summed E-state index contributed by atoms with van der Waals surface area (Å²) in [4.78, 5) is 19.2. The third kappa shape index (κ3) is 2.45. The largest absolute Gasteiger partial charge is 0.497 e. The predicted octanol–water partition coefficient (Wildman–Crippen LogP) is 4.46. The Bertz CT molecular complexity index is 1390. The fourth-order valence-electron chi connectivity index (χ4n) is 6.01. The van der Waals surface area contributed by atoms with E-state index < -0.39 is 16.9 Å². The summed E-state index contributed by atoms with van der Waals surface area (Å²) in [5.74, 6) is -1.30. The highest BCUT2D eigenvalue weighted by molar-refractivity contribution is 6.15. The number of hydrogen-bond acceptors (Lipinski definition) is 5. The Morgan fingerprint density at radius 1 is 1.24 bits per heavy atom. The van der Waals surface area contributed by atoms with Gasteiger partial charge in [0.1, 0.15) is 11.2 Å². The topological polar surface area (TPSA) is 113 Å². The summed E-state index contributed by atoms with van der Waals surface area (Å²) in [7, 11) is 1.55. The van der Waals surface area contributed by atoms with Gasteiger partial charge < -0.3 is 19.7 Å².